The Kier molecular flexibility index (Phi) is 3.53. The second kappa shape index (κ2) is 4.66. The largest absolute Gasteiger partial charge is 0.376 e. The Morgan fingerprint density at radius 3 is 2.64 bits per heavy atom. The SMILES string of the molecule is O=C(NCO)c1ccccc1C(F)F. The zero-order chi connectivity index (χ0) is 10.6. The molecule has 0 unspecified atom stereocenters. The molecule has 0 aliphatic heterocycles. The first-order chi connectivity index (χ1) is 6.66. The maximum Gasteiger partial charge on any atom is 0.264 e. The van der Waals surface area contributed by atoms with Crippen LogP contribution >= 0.6 is 0 Å². The molecule has 0 bridgehead atoms. The third-order valence-corrected chi connectivity index (χ3v) is 1.68. The molecule has 1 aromatic rings. The summed E-state index contributed by atoms with van der Waals surface area (Å²) in [4.78, 5) is 11.2. The molecule has 0 saturated carbocycles. The van der Waals surface area contributed by atoms with Crippen LogP contribution in [0, 0.1) is 0 Å². The van der Waals surface area contributed by atoms with Crippen LogP contribution in [0.15, 0.2) is 24.3 Å². The average molecular weight is 201 g/mol. The van der Waals surface area contributed by atoms with Crippen LogP contribution in [0.25, 0.3) is 0 Å². The molecule has 76 valence electrons. The fourth-order valence-corrected chi connectivity index (χ4v) is 1.06. The van der Waals surface area contributed by atoms with Gasteiger partial charge in [-0.1, -0.05) is 18.2 Å². The lowest BCUT2D eigenvalue weighted by Gasteiger charge is -2.07. The number of amides is 1. The standard InChI is InChI=1S/C9H9F2NO2/c10-8(11)6-3-1-2-4-7(6)9(14)12-5-13/h1-4,8,13H,5H2,(H,12,14). The third kappa shape index (κ3) is 2.26. The van der Waals surface area contributed by atoms with Crippen molar-refractivity contribution in [2.75, 3.05) is 6.73 Å². The van der Waals surface area contributed by atoms with E-state index < -0.39 is 19.1 Å². The molecule has 0 radical (unpaired) electrons. The minimum Gasteiger partial charge on any atom is -0.376 e. The summed E-state index contributed by atoms with van der Waals surface area (Å²) in [6.07, 6.45) is -2.70. The highest BCUT2D eigenvalue weighted by Gasteiger charge is 2.16. The molecule has 5 heteroatoms. The predicted octanol–water partition coefficient (Wildman–Crippen LogP) is 1.30. The van der Waals surface area contributed by atoms with Crippen LogP contribution in [0.5, 0.6) is 0 Å². The van der Waals surface area contributed by atoms with Crippen molar-refractivity contribution < 1.29 is 18.7 Å². The summed E-state index contributed by atoms with van der Waals surface area (Å²) in [5.74, 6) is -0.705. The molecule has 0 spiro atoms. The maximum atomic E-state index is 12.4. The Morgan fingerprint density at radius 2 is 2.07 bits per heavy atom. The summed E-state index contributed by atoms with van der Waals surface area (Å²) in [7, 11) is 0. The molecular formula is C9H9F2NO2. The van der Waals surface area contributed by atoms with E-state index in [9.17, 15) is 13.6 Å². The minimum atomic E-state index is -2.70. The Morgan fingerprint density at radius 1 is 1.43 bits per heavy atom. The van der Waals surface area contributed by atoms with Crippen molar-refractivity contribution >= 4 is 5.91 Å². The Hall–Kier alpha value is -1.49. The molecule has 0 atom stereocenters. The normalized spacial score (nSPS) is 10.3. The Balaban J connectivity index is 3.00. The lowest BCUT2D eigenvalue weighted by Crippen LogP contribution is -2.25. The molecule has 0 aliphatic carbocycles. The van der Waals surface area contributed by atoms with Crippen molar-refractivity contribution in [3.05, 3.63) is 35.4 Å². The number of alkyl halides is 2. The molecule has 1 rings (SSSR count). The van der Waals surface area contributed by atoms with Gasteiger partial charge in [-0.15, -0.1) is 0 Å². The zero-order valence-corrected chi connectivity index (χ0v) is 7.21. The topological polar surface area (TPSA) is 49.3 Å². The zero-order valence-electron chi connectivity index (χ0n) is 7.21. The van der Waals surface area contributed by atoms with Crippen molar-refractivity contribution in [2.24, 2.45) is 0 Å². The number of rotatable bonds is 3. The fourth-order valence-electron chi connectivity index (χ4n) is 1.06. The van der Waals surface area contributed by atoms with Gasteiger partial charge < -0.3 is 10.4 Å². The molecule has 0 aliphatic rings. The summed E-state index contributed by atoms with van der Waals surface area (Å²) in [5, 5.41) is 10.4. The summed E-state index contributed by atoms with van der Waals surface area (Å²) < 4.78 is 24.8. The maximum absolute atomic E-state index is 12.4. The molecule has 0 saturated heterocycles. The van der Waals surface area contributed by atoms with Crippen molar-refractivity contribution in [3.63, 3.8) is 0 Å². The summed E-state index contributed by atoms with van der Waals surface area (Å²) in [6.45, 7) is -0.573. The van der Waals surface area contributed by atoms with Crippen LogP contribution < -0.4 is 5.32 Å². The van der Waals surface area contributed by atoms with E-state index in [1.807, 2.05) is 5.32 Å². The molecule has 14 heavy (non-hydrogen) atoms. The van der Waals surface area contributed by atoms with Gasteiger partial charge in [-0.2, -0.15) is 0 Å². The minimum absolute atomic E-state index is 0.114. The molecule has 1 aromatic carbocycles. The first-order valence-corrected chi connectivity index (χ1v) is 3.93. The quantitative estimate of drug-likeness (QED) is 0.724. The Labute approximate surface area is 79.4 Å². The van der Waals surface area contributed by atoms with Gasteiger partial charge in [0.2, 0.25) is 0 Å². The second-order valence-electron chi connectivity index (χ2n) is 2.55. The molecule has 2 N–H and O–H groups in total. The van der Waals surface area contributed by atoms with Gasteiger partial charge >= 0.3 is 0 Å². The van der Waals surface area contributed by atoms with Gasteiger partial charge in [0, 0.05) is 11.1 Å². The Bertz CT molecular complexity index is 328. The first-order valence-electron chi connectivity index (χ1n) is 3.93. The lowest BCUT2D eigenvalue weighted by molar-refractivity contribution is 0.0897. The van der Waals surface area contributed by atoms with Gasteiger partial charge in [-0.3, -0.25) is 4.79 Å². The number of hydrogen-bond acceptors (Lipinski definition) is 2. The van der Waals surface area contributed by atoms with Gasteiger partial charge in [0.15, 0.2) is 0 Å². The smallest absolute Gasteiger partial charge is 0.264 e. The van der Waals surface area contributed by atoms with E-state index in [4.69, 9.17) is 5.11 Å². The van der Waals surface area contributed by atoms with Gasteiger partial charge in [0.05, 0.1) is 0 Å². The van der Waals surface area contributed by atoms with E-state index in [1.54, 1.807) is 0 Å². The molecule has 3 nitrogen and oxygen atoms in total. The summed E-state index contributed by atoms with van der Waals surface area (Å²) >= 11 is 0. The van der Waals surface area contributed by atoms with Gasteiger partial charge in [0.25, 0.3) is 12.3 Å². The number of benzene rings is 1. The molecule has 0 aromatic heterocycles. The predicted molar refractivity (Wildman–Crippen MR) is 46.0 cm³/mol. The van der Waals surface area contributed by atoms with E-state index in [0.717, 1.165) is 0 Å². The number of carbonyl (C=O) groups is 1. The van der Waals surface area contributed by atoms with Crippen LogP contribution in [0.3, 0.4) is 0 Å². The lowest BCUT2D eigenvalue weighted by atomic mass is 10.1. The highest BCUT2D eigenvalue weighted by molar-refractivity contribution is 5.95. The average Bonchev–Trinajstić information content (AvgIpc) is 2.18. The van der Waals surface area contributed by atoms with Crippen LogP contribution in [0.2, 0.25) is 0 Å². The van der Waals surface area contributed by atoms with Gasteiger partial charge in [0.1, 0.15) is 6.73 Å². The van der Waals surface area contributed by atoms with E-state index in [-0.39, 0.29) is 11.1 Å². The molecule has 0 heterocycles. The van der Waals surface area contributed by atoms with Crippen LogP contribution in [-0.4, -0.2) is 17.7 Å². The third-order valence-electron chi connectivity index (χ3n) is 1.68. The van der Waals surface area contributed by atoms with Crippen molar-refractivity contribution in [2.45, 2.75) is 6.43 Å². The monoisotopic (exact) mass is 201 g/mol. The highest BCUT2D eigenvalue weighted by atomic mass is 19.3. The van der Waals surface area contributed by atoms with Crippen LogP contribution in [-0.2, 0) is 0 Å². The number of nitrogens with one attached hydrogen (secondary N) is 1. The van der Waals surface area contributed by atoms with Crippen molar-refractivity contribution in [1.82, 2.24) is 5.32 Å². The van der Waals surface area contributed by atoms with E-state index >= 15 is 0 Å². The second-order valence-corrected chi connectivity index (χ2v) is 2.55. The molecular weight excluding hydrogens is 192 g/mol. The molecule has 0 fully saturated rings. The highest BCUT2D eigenvalue weighted by Crippen LogP contribution is 2.22. The number of halogens is 2. The number of aliphatic hydroxyl groups is 1. The number of aliphatic hydroxyl groups excluding tert-OH is 1. The van der Waals surface area contributed by atoms with Gasteiger partial charge in [-0.05, 0) is 6.07 Å². The van der Waals surface area contributed by atoms with Crippen LogP contribution in [0.4, 0.5) is 8.78 Å². The van der Waals surface area contributed by atoms with Crippen molar-refractivity contribution in [3.8, 4) is 0 Å². The first kappa shape index (κ1) is 10.6. The van der Waals surface area contributed by atoms with Crippen LogP contribution in [0.1, 0.15) is 22.3 Å². The summed E-state index contributed by atoms with van der Waals surface area (Å²) in [5.41, 5.74) is -0.449. The van der Waals surface area contributed by atoms with E-state index in [1.165, 1.54) is 24.3 Å². The number of carbonyl (C=O) groups excluding carboxylic acids is 1. The summed E-state index contributed by atoms with van der Waals surface area (Å²) in [6, 6.07) is 5.37. The van der Waals surface area contributed by atoms with Gasteiger partial charge in [-0.25, -0.2) is 8.78 Å². The van der Waals surface area contributed by atoms with Crippen molar-refractivity contribution in [1.29, 1.82) is 0 Å². The fraction of sp³-hybridized carbons (Fsp3) is 0.222. The number of hydrogen-bond donors (Lipinski definition) is 2. The van der Waals surface area contributed by atoms with E-state index in [0.29, 0.717) is 0 Å². The van der Waals surface area contributed by atoms with E-state index in [2.05, 4.69) is 0 Å². The molecule has 1 amide bonds.